The van der Waals surface area contributed by atoms with Crippen molar-refractivity contribution in [1.29, 1.82) is 0 Å². The Balaban J connectivity index is 1.56. The highest BCUT2D eigenvalue weighted by molar-refractivity contribution is 7.99. The van der Waals surface area contributed by atoms with Crippen LogP contribution < -0.4 is 11.1 Å². The van der Waals surface area contributed by atoms with E-state index in [9.17, 15) is 9.59 Å². The summed E-state index contributed by atoms with van der Waals surface area (Å²) in [4.78, 5) is 27.6. The lowest BCUT2D eigenvalue weighted by molar-refractivity contribution is -0.121. The SMILES string of the molecule is Cc1ccc(Sc2ccc(NC(=O)C3CCN(C(N)=O)CC3)cc2)c(C)c1. The van der Waals surface area contributed by atoms with Crippen LogP contribution in [0.15, 0.2) is 52.3 Å². The van der Waals surface area contributed by atoms with Crippen LogP contribution in [0.25, 0.3) is 0 Å². The number of amides is 3. The molecule has 3 rings (SSSR count). The van der Waals surface area contributed by atoms with Crippen molar-refractivity contribution in [3.05, 3.63) is 53.6 Å². The van der Waals surface area contributed by atoms with E-state index in [2.05, 4.69) is 37.4 Å². The number of hydrogen-bond acceptors (Lipinski definition) is 3. The first kappa shape index (κ1) is 19.3. The van der Waals surface area contributed by atoms with Crippen LogP contribution in [0, 0.1) is 19.8 Å². The van der Waals surface area contributed by atoms with Gasteiger partial charge < -0.3 is 16.0 Å². The fourth-order valence-electron chi connectivity index (χ4n) is 3.25. The molecule has 0 unspecified atom stereocenters. The molecule has 0 bridgehead atoms. The molecule has 1 heterocycles. The van der Waals surface area contributed by atoms with Gasteiger partial charge in [-0.05, 0) is 62.6 Å². The van der Waals surface area contributed by atoms with E-state index in [1.54, 1.807) is 16.7 Å². The third-order valence-electron chi connectivity index (χ3n) is 4.86. The molecule has 3 amide bonds. The van der Waals surface area contributed by atoms with Crippen LogP contribution in [0.1, 0.15) is 24.0 Å². The number of nitrogens with one attached hydrogen (secondary N) is 1. The number of likely N-dealkylation sites (tertiary alicyclic amines) is 1. The van der Waals surface area contributed by atoms with E-state index >= 15 is 0 Å². The number of hydrogen-bond donors (Lipinski definition) is 2. The number of nitrogens with zero attached hydrogens (tertiary/aromatic N) is 1. The molecule has 1 fully saturated rings. The fraction of sp³-hybridized carbons (Fsp3) is 0.333. The van der Waals surface area contributed by atoms with E-state index in [4.69, 9.17) is 5.73 Å². The Morgan fingerprint density at radius 3 is 2.33 bits per heavy atom. The smallest absolute Gasteiger partial charge is 0.314 e. The van der Waals surface area contributed by atoms with Gasteiger partial charge in [0.05, 0.1) is 0 Å². The minimum absolute atomic E-state index is 0.00824. The Bertz CT molecular complexity index is 828. The molecule has 2 aromatic rings. The van der Waals surface area contributed by atoms with Crippen LogP contribution in [-0.4, -0.2) is 29.9 Å². The molecule has 3 N–H and O–H groups in total. The van der Waals surface area contributed by atoms with Crippen LogP contribution in [-0.2, 0) is 4.79 Å². The maximum atomic E-state index is 12.4. The molecule has 0 saturated carbocycles. The van der Waals surface area contributed by atoms with Gasteiger partial charge in [-0.15, -0.1) is 0 Å². The highest BCUT2D eigenvalue weighted by atomic mass is 32.2. The Morgan fingerprint density at radius 2 is 1.74 bits per heavy atom. The lowest BCUT2D eigenvalue weighted by Crippen LogP contribution is -2.43. The summed E-state index contributed by atoms with van der Waals surface area (Å²) in [5.74, 6) is -0.0706. The van der Waals surface area contributed by atoms with Crippen molar-refractivity contribution in [2.45, 2.75) is 36.5 Å². The monoisotopic (exact) mass is 383 g/mol. The molecule has 0 radical (unpaired) electrons. The molecule has 142 valence electrons. The standard InChI is InChI=1S/C21H25N3O2S/c1-14-3-8-19(15(2)13-14)27-18-6-4-17(5-7-18)23-20(25)16-9-11-24(12-10-16)21(22)26/h3-8,13,16H,9-12H2,1-2H3,(H2,22,26)(H,23,25). The topological polar surface area (TPSA) is 75.4 Å². The quantitative estimate of drug-likeness (QED) is 0.831. The minimum atomic E-state index is -0.411. The molecule has 0 aromatic heterocycles. The van der Waals surface area contributed by atoms with Crippen LogP contribution in [0.4, 0.5) is 10.5 Å². The van der Waals surface area contributed by atoms with Crippen molar-refractivity contribution >= 4 is 29.4 Å². The Morgan fingerprint density at radius 1 is 1.07 bits per heavy atom. The lowest BCUT2D eigenvalue weighted by Gasteiger charge is -2.29. The van der Waals surface area contributed by atoms with Crippen molar-refractivity contribution in [2.75, 3.05) is 18.4 Å². The van der Waals surface area contributed by atoms with Gasteiger partial charge >= 0.3 is 6.03 Å². The number of benzene rings is 2. The summed E-state index contributed by atoms with van der Waals surface area (Å²) in [7, 11) is 0. The second kappa shape index (κ2) is 8.48. The van der Waals surface area contributed by atoms with Crippen LogP contribution in [0.5, 0.6) is 0 Å². The minimum Gasteiger partial charge on any atom is -0.351 e. The van der Waals surface area contributed by atoms with Gasteiger partial charge in [-0.2, -0.15) is 0 Å². The van der Waals surface area contributed by atoms with E-state index in [1.165, 1.54) is 16.0 Å². The molecule has 0 aliphatic carbocycles. The number of piperidine rings is 1. The Hall–Kier alpha value is -2.47. The van der Waals surface area contributed by atoms with Crippen LogP contribution in [0.2, 0.25) is 0 Å². The molecular formula is C21H25N3O2S. The van der Waals surface area contributed by atoms with Gasteiger partial charge in [0.15, 0.2) is 0 Å². The second-order valence-electron chi connectivity index (χ2n) is 6.98. The number of carbonyl (C=O) groups excluding carboxylic acids is 2. The van der Waals surface area contributed by atoms with Crippen molar-refractivity contribution in [1.82, 2.24) is 4.90 Å². The summed E-state index contributed by atoms with van der Waals surface area (Å²) in [6.07, 6.45) is 1.30. The second-order valence-corrected chi connectivity index (χ2v) is 8.10. The zero-order chi connectivity index (χ0) is 19.4. The summed E-state index contributed by atoms with van der Waals surface area (Å²) < 4.78 is 0. The first-order valence-electron chi connectivity index (χ1n) is 9.13. The molecule has 0 atom stereocenters. The average Bonchev–Trinajstić information content (AvgIpc) is 2.65. The molecule has 1 aliphatic heterocycles. The largest absolute Gasteiger partial charge is 0.351 e. The van der Waals surface area contributed by atoms with Crippen LogP contribution in [0.3, 0.4) is 0 Å². The average molecular weight is 384 g/mol. The van der Waals surface area contributed by atoms with Gasteiger partial charge in [-0.25, -0.2) is 4.79 Å². The summed E-state index contributed by atoms with van der Waals surface area (Å²) in [6.45, 7) is 5.29. The van der Waals surface area contributed by atoms with Gasteiger partial charge in [-0.3, -0.25) is 4.79 Å². The fourth-order valence-corrected chi connectivity index (χ4v) is 4.14. The van der Waals surface area contributed by atoms with Gasteiger partial charge in [0, 0.05) is 34.5 Å². The van der Waals surface area contributed by atoms with Crippen molar-refractivity contribution in [3.8, 4) is 0 Å². The van der Waals surface area contributed by atoms with E-state index < -0.39 is 6.03 Å². The maximum absolute atomic E-state index is 12.4. The number of anilines is 1. The highest BCUT2D eigenvalue weighted by Gasteiger charge is 2.26. The normalized spacial score (nSPS) is 14.8. The molecule has 1 saturated heterocycles. The van der Waals surface area contributed by atoms with Gasteiger partial charge in [0.1, 0.15) is 0 Å². The zero-order valence-electron chi connectivity index (χ0n) is 15.7. The first-order chi connectivity index (χ1) is 12.9. The van der Waals surface area contributed by atoms with E-state index in [0.717, 1.165) is 10.6 Å². The summed E-state index contributed by atoms with van der Waals surface area (Å²) in [5.41, 5.74) is 8.60. The molecule has 0 spiro atoms. The number of primary amides is 1. The molecular weight excluding hydrogens is 358 g/mol. The summed E-state index contributed by atoms with van der Waals surface area (Å²) in [5, 5.41) is 2.98. The maximum Gasteiger partial charge on any atom is 0.314 e. The lowest BCUT2D eigenvalue weighted by atomic mass is 9.96. The summed E-state index contributed by atoms with van der Waals surface area (Å²) >= 11 is 1.72. The molecule has 5 nitrogen and oxygen atoms in total. The third-order valence-corrected chi connectivity index (χ3v) is 6.04. The molecule has 27 heavy (non-hydrogen) atoms. The van der Waals surface area contributed by atoms with Crippen LogP contribution >= 0.6 is 11.8 Å². The number of aryl methyl sites for hydroxylation is 2. The van der Waals surface area contributed by atoms with Crippen molar-refractivity contribution < 1.29 is 9.59 Å². The predicted molar refractivity (Wildman–Crippen MR) is 109 cm³/mol. The molecule has 6 heteroatoms. The number of nitrogens with two attached hydrogens (primary N) is 1. The number of carbonyl (C=O) groups is 2. The highest BCUT2D eigenvalue weighted by Crippen LogP contribution is 2.31. The van der Waals surface area contributed by atoms with E-state index in [-0.39, 0.29) is 11.8 Å². The van der Waals surface area contributed by atoms with Crippen molar-refractivity contribution in [2.24, 2.45) is 11.7 Å². The van der Waals surface area contributed by atoms with E-state index in [0.29, 0.717) is 25.9 Å². The predicted octanol–water partition coefficient (Wildman–Crippen LogP) is 4.18. The van der Waals surface area contributed by atoms with Gasteiger partial charge in [-0.1, -0.05) is 29.5 Å². The Kier molecular flexibility index (Phi) is 6.06. The number of urea groups is 1. The van der Waals surface area contributed by atoms with Gasteiger partial charge in [0.2, 0.25) is 5.91 Å². The van der Waals surface area contributed by atoms with Gasteiger partial charge in [0.25, 0.3) is 0 Å². The molecule has 1 aliphatic rings. The molecule has 2 aromatic carbocycles. The summed E-state index contributed by atoms with van der Waals surface area (Å²) in [6, 6.07) is 13.9. The van der Waals surface area contributed by atoms with E-state index in [1.807, 2.05) is 24.3 Å². The van der Waals surface area contributed by atoms with Crippen molar-refractivity contribution in [3.63, 3.8) is 0 Å². The third kappa shape index (κ3) is 5.04. The first-order valence-corrected chi connectivity index (χ1v) is 9.94. The number of rotatable bonds is 4. The zero-order valence-corrected chi connectivity index (χ0v) is 16.5. The Labute approximate surface area is 164 Å².